The van der Waals surface area contributed by atoms with Crippen LogP contribution in [0.1, 0.15) is 23.2 Å². The zero-order valence-electron chi connectivity index (χ0n) is 17.2. The third kappa shape index (κ3) is 6.22. The number of rotatable bonds is 9. The first-order chi connectivity index (χ1) is 14.4. The third-order valence-corrected chi connectivity index (χ3v) is 4.90. The monoisotopic (exact) mass is 412 g/mol. The lowest BCUT2D eigenvalue weighted by Gasteiger charge is -2.16. The summed E-state index contributed by atoms with van der Waals surface area (Å²) < 4.78 is 26.6. The molecule has 0 saturated heterocycles. The van der Waals surface area contributed by atoms with Gasteiger partial charge >= 0.3 is 0 Å². The molecule has 0 unspecified atom stereocenters. The fourth-order valence-corrected chi connectivity index (χ4v) is 3.12. The van der Waals surface area contributed by atoms with Gasteiger partial charge in [-0.25, -0.2) is 8.78 Å². The normalized spacial score (nSPS) is 11.1. The number of amides is 1. The summed E-state index contributed by atoms with van der Waals surface area (Å²) in [4.78, 5) is 14.1. The van der Waals surface area contributed by atoms with E-state index in [2.05, 4.69) is 15.5 Å². The molecule has 1 aromatic heterocycles. The average molecular weight is 412 g/mol. The number of carbonyl (C=O) groups excluding carboxylic acids is 1. The summed E-state index contributed by atoms with van der Waals surface area (Å²) in [5.74, 6) is -0.633. The van der Waals surface area contributed by atoms with Crippen LogP contribution in [0.25, 0.3) is 11.3 Å². The molecule has 1 heterocycles. The standard InChI is InChI=1S/C23H26F2N4O/c1-16-5-6-17(12-21(16)25)14-26-23(30)15-29(2)11-3-4-20-13-22(28-27-20)18-7-9-19(24)10-8-18/h5-10,12-13H,3-4,11,14-15H2,1-2H3,(H,26,30)(H,27,28). The molecule has 0 aliphatic heterocycles. The number of benzene rings is 2. The second-order valence-corrected chi connectivity index (χ2v) is 7.49. The Morgan fingerprint density at radius 3 is 2.63 bits per heavy atom. The van der Waals surface area contributed by atoms with Crippen LogP contribution in [-0.2, 0) is 17.8 Å². The molecule has 2 N–H and O–H groups in total. The molecule has 2 aromatic carbocycles. The molecule has 158 valence electrons. The number of nitrogens with one attached hydrogen (secondary N) is 2. The topological polar surface area (TPSA) is 61.0 Å². The van der Waals surface area contributed by atoms with Crippen LogP contribution >= 0.6 is 0 Å². The van der Waals surface area contributed by atoms with Gasteiger partial charge in [0.2, 0.25) is 5.91 Å². The Bertz CT molecular complexity index is 985. The summed E-state index contributed by atoms with van der Waals surface area (Å²) in [5, 5.41) is 10.1. The van der Waals surface area contributed by atoms with Gasteiger partial charge in [0.15, 0.2) is 0 Å². The molecule has 30 heavy (non-hydrogen) atoms. The molecule has 0 fully saturated rings. The molecule has 0 saturated carbocycles. The van der Waals surface area contributed by atoms with E-state index in [9.17, 15) is 13.6 Å². The van der Waals surface area contributed by atoms with Crippen molar-refractivity contribution >= 4 is 5.91 Å². The summed E-state index contributed by atoms with van der Waals surface area (Å²) in [6.45, 7) is 3.04. The highest BCUT2D eigenvalue weighted by Crippen LogP contribution is 2.18. The molecular weight excluding hydrogens is 386 g/mol. The van der Waals surface area contributed by atoms with Gasteiger partial charge < -0.3 is 5.32 Å². The SMILES string of the molecule is Cc1ccc(CNC(=O)CN(C)CCCc2cc(-c3ccc(F)cc3)n[nH]2)cc1F. The van der Waals surface area contributed by atoms with Crippen molar-refractivity contribution in [2.24, 2.45) is 0 Å². The van der Waals surface area contributed by atoms with Crippen molar-refractivity contribution < 1.29 is 13.6 Å². The first-order valence-corrected chi connectivity index (χ1v) is 9.91. The number of aryl methyl sites for hydroxylation is 2. The Kier molecular flexibility index (Phi) is 7.30. The molecule has 1 amide bonds. The highest BCUT2D eigenvalue weighted by molar-refractivity contribution is 5.77. The average Bonchev–Trinajstić information content (AvgIpc) is 3.18. The first kappa shape index (κ1) is 21.6. The van der Waals surface area contributed by atoms with Gasteiger partial charge in [-0.1, -0.05) is 12.1 Å². The van der Waals surface area contributed by atoms with E-state index >= 15 is 0 Å². The zero-order chi connectivity index (χ0) is 21.5. The van der Waals surface area contributed by atoms with E-state index in [1.165, 1.54) is 18.2 Å². The molecule has 7 heteroatoms. The van der Waals surface area contributed by atoms with E-state index in [1.807, 2.05) is 24.1 Å². The fraction of sp³-hybridized carbons (Fsp3) is 0.304. The van der Waals surface area contributed by atoms with Crippen LogP contribution in [0, 0.1) is 18.6 Å². The Labute approximate surface area is 175 Å². The smallest absolute Gasteiger partial charge is 0.234 e. The number of aromatic nitrogens is 2. The van der Waals surface area contributed by atoms with Gasteiger partial charge in [-0.3, -0.25) is 14.8 Å². The lowest BCUT2D eigenvalue weighted by atomic mass is 10.1. The van der Waals surface area contributed by atoms with Crippen molar-refractivity contribution in [3.05, 3.63) is 77.0 Å². The predicted octanol–water partition coefficient (Wildman–Crippen LogP) is 3.84. The van der Waals surface area contributed by atoms with E-state index in [-0.39, 0.29) is 24.1 Å². The zero-order valence-corrected chi connectivity index (χ0v) is 17.2. The maximum Gasteiger partial charge on any atom is 0.234 e. The Morgan fingerprint density at radius 1 is 1.13 bits per heavy atom. The summed E-state index contributed by atoms with van der Waals surface area (Å²) in [7, 11) is 1.89. The molecule has 3 aromatic rings. The fourth-order valence-electron chi connectivity index (χ4n) is 3.12. The van der Waals surface area contributed by atoms with Gasteiger partial charge in [0.25, 0.3) is 0 Å². The highest BCUT2D eigenvalue weighted by atomic mass is 19.1. The number of halogens is 2. The minimum absolute atomic E-state index is 0.0985. The van der Waals surface area contributed by atoms with E-state index < -0.39 is 0 Å². The molecule has 0 atom stereocenters. The van der Waals surface area contributed by atoms with Crippen molar-refractivity contribution in [3.63, 3.8) is 0 Å². The van der Waals surface area contributed by atoms with Crippen molar-refractivity contribution in [2.45, 2.75) is 26.3 Å². The van der Waals surface area contributed by atoms with Crippen molar-refractivity contribution in [1.82, 2.24) is 20.4 Å². The van der Waals surface area contributed by atoms with Crippen LogP contribution < -0.4 is 5.32 Å². The van der Waals surface area contributed by atoms with Gasteiger partial charge in [-0.15, -0.1) is 0 Å². The second kappa shape index (κ2) is 10.1. The highest BCUT2D eigenvalue weighted by Gasteiger charge is 2.09. The minimum Gasteiger partial charge on any atom is -0.351 e. The van der Waals surface area contributed by atoms with Gasteiger partial charge in [-0.05, 0) is 80.9 Å². The number of H-pyrrole nitrogens is 1. The number of nitrogens with zero attached hydrogens (tertiary/aromatic N) is 2. The third-order valence-electron chi connectivity index (χ3n) is 4.90. The lowest BCUT2D eigenvalue weighted by Crippen LogP contribution is -2.35. The van der Waals surface area contributed by atoms with Crippen LogP contribution in [-0.4, -0.2) is 41.1 Å². The maximum atomic E-state index is 13.6. The Hall–Kier alpha value is -3.06. The van der Waals surface area contributed by atoms with Gasteiger partial charge in [0.1, 0.15) is 11.6 Å². The van der Waals surface area contributed by atoms with E-state index in [0.717, 1.165) is 41.9 Å². The van der Waals surface area contributed by atoms with Gasteiger partial charge in [0, 0.05) is 17.8 Å². The molecule has 0 aliphatic carbocycles. The Balaban J connectivity index is 1.38. The van der Waals surface area contributed by atoms with E-state index in [0.29, 0.717) is 12.1 Å². The predicted molar refractivity (Wildman–Crippen MR) is 113 cm³/mol. The molecular formula is C23H26F2N4O. The van der Waals surface area contributed by atoms with Crippen LogP contribution in [0.15, 0.2) is 48.5 Å². The summed E-state index contributed by atoms with van der Waals surface area (Å²) in [6.07, 6.45) is 1.65. The van der Waals surface area contributed by atoms with Crippen molar-refractivity contribution in [3.8, 4) is 11.3 Å². The van der Waals surface area contributed by atoms with Crippen LogP contribution in [0.2, 0.25) is 0 Å². The number of carbonyl (C=O) groups is 1. The largest absolute Gasteiger partial charge is 0.351 e. The van der Waals surface area contributed by atoms with E-state index in [1.54, 1.807) is 25.1 Å². The number of hydrogen-bond acceptors (Lipinski definition) is 3. The summed E-state index contributed by atoms with van der Waals surface area (Å²) >= 11 is 0. The molecule has 0 spiro atoms. The van der Waals surface area contributed by atoms with Crippen LogP contribution in [0.3, 0.4) is 0 Å². The van der Waals surface area contributed by atoms with E-state index in [4.69, 9.17) is 0 Å². The molecule has 5 nitrogen and oxygen atoms in total. The molecule has 0 aliphatic rings. The minimum atomic E-state index is -0.271. The van der Waals surface area contributed by atoms with Crippen LogP contribution in [0.5, 0.6) is 0 Å². The second-order valence-electron chi connectivity index (χ2n) is 7.49. The number of aromatic amines is 1. The summed E-state index contributed by atoms with van der Waals surface area (Å²) in [5.41, 5.74) is 3.97. The first-order valence-electron chi connectivity index (χ1n) is 9.91. The maximum absolute atomic E-state index is 13.6. The molecule has 3 rings (SSSR count). The number of hydrogen-bond donors (Lipinski definition) is 2. The van der Waals surface area contributed by atoms with Crippen LogP contribution in [0.4, 0.5) is 8.78 Å². The van der Waals surface area contributed by atoms with Gasteiger partial charge in [-0.2, -0.15) is 5.10 Å². The van der Waals surface area contributed by atoms with Crippen molar-refractivity contribution in [1.29, 1.82) is 0 Å². The molecule has 0 bridgehead atoms. The summed E-state index contributed by atoms with van der Waals surface area (Å²) in [6, 6.07) is 13.2. The lowest BCUT2D eigenvalue weighted by molar-refractivity contribution is -0.122. The van der Waals surface area contributed by atoms with Crippen molar-refractivity contribution in [2.75, 3.05) is 20.1 Å². The quantitative estimate of drug-likeness (QED) is 0.561. The number of likely N-dealkylation sites (N-methyl/N-ethyl adjacent to an activating group) is 1. The molecule has 0 radical (unpaired) electrons. The van der Waals surface area contributed by atoms with Gasteiger partial charge in [0.05, 0.1) is 12.2 Å². The Morgan fingerprint density at radius 2 is 1.90 bits per heavy atom.